The molecule has 0 radical (unpaired) electrons. The van der Waals surface area contributed by atoms with Gasteiger partial charge in [-0.1, -0.05) is 6.92 Å². The molecule has 24 heavy (non-hydrogen) atoms. The van der Waals surface area contributed by atoms with Gasteiger partial charge in [0.05, 0.1) is 0 Å². The normalized spacial score (nSPS) is 17.1. The van der Waals surface area contributed by atoms with Gasteiger partial charge in [-0.3, -0.25) is 4.79 Å². The second-order valence-corrected chi connectivity index (χ2v) is 9.35. The van der Waals surface area contributed by atoms with Crippen LogP contribution in [-0.2, 0) is 10.0 Å². The van der Waals surface area contributed by atoms with E-state index in [1.165, 1.54) is 21.7 Å². The van der Waals surface area contributed by atoms with Gasteiger partial charge in [-0.05, 0) is 24.9 Å². The van der Waals surface area contributed by atoms with Crippen LogP contribution < -0.4 is 10.6 Å². The summed E-state index contributed by atoms with van der Waals surface area (Å²) in [4.78, 5) is 12.7. The van der Waals surface area contributed by atoms with Crippen LogP contribution in [0, 0.1) is 0 Å². The van der Waals surface area contributed by atoms with E-state index in [2.05, 4.69) is 10.6 Å². The monoisotopic (exact) mass is 413 g/mol. The molecule has 0 aromatic carbocycles. The third kappa shape index (κ3) is 5.34. The number of rotatable bonds is 7. The van der Waals surface area contributed by atoms with Crippen molar-refractivity contribution in [3.8, 4) is 0 Å². The summed E-state index contributed by atoms with van der Waals surface area (Å²) in [5.74, 6) is 1.27. The van der Waals surface area contributed by atoms with Gasteiger partial charge in [0.25, 0.3) is 5.91 Å². The summed E-state index contributed by atoms with van der Waals surface area (Å²) in [6, 6.07) is 1.67. The Morgan fingerprint density at radius 2 is 2.04 bits per heavy atom. The van der Waals surface area contributed by atoms with E-state index in [-0.39, 0.29) is 34.1 Å². The molecule has 138 valence electrons. The second-order valence-electron chi connectivity index (χ2n) is 5.30. The average molecular weight is 414 g/mol. The highest BCUT2D eigenvalue weighted by Crippen LogP contribution is 2.27. The van der Waals surface area contributed by atoms with Crippen LogP contribution in [-0.4, -0.2) is 62.4 Å². The Bertz CT molecular complexity index is 630. The first-order chi connectivity index (χ1) is 11.0. The number of thiophene rings is 1. The molecule has 0 spiro atoms. The molecular weight excluding hydrogens is 390 g/mol. The molecule has 1 aliphatic heterocycles. The highest BCUT2D eigenvalue weighted by atomic mass is 35.5. The molecule has 0 bridgehead atoms. The van der Waals surface area contributed by atoms with Crippen LogP contribution in [0.4, 0.5) is 0 Å². The summed E-state index contributed by atoms with van der Waals surface area (Å²) in [7, 11) is -3.59. The topological polar surface area (TPSA) is 78.5 Å². The van der Waals surface area contributed by atoms with Gasteiger partial charge in [-0.15, -0.1) is 23.7 Å². The highest BCUT2D eigenvalue weighted by molar-refractivity contribution is 7.99. The highest BCUT2D eigenvalue weighted by Gasteiger charge is 2.31. The van der Waals surface area contributed by atoms with E-state index in [4.69, 9.17) is 0 Å². The maximum absolute atomic E-state index is 12.7. The summed E-state index contributed by atoms with van der Waals surface area (Å²) in [5.41, 5.74) is 0. The van der Waals surface area contributed by atoms with Crippen LogP contribution >= 0.6 is 35.5 Å². The van der Waals surface area contributed by atoms with Crippen molar-refractivity contribution in [3.05, 3.63) is 16.3 Å². The number of amides is 1. The first-order valence-corrected chi connectivity index (χ1v) is 11.1. The van der Waals surface area contributed by atoms with Crippen LogP contribution in [0.2, 0.25) is 0 Å². The maximum Gasteiger partial charge on any atom is 0.262 e. The van der Waals surface area contributed by atoms with E-state index >= 15 is 0 Å². The predicted octanol–water partition coefficient (Wildman–Crippen LogP) is 1.64. The second kappa shape index (κ2) is 9.98. The van der Waals surface area contributed by atoms with Gasteiger partial charge in [0.15, 0.2) is 0 Å². The number of sulfonamides is 1. The summed E-state index contributed by atoms with van der Waals surface area (Å²) >= 11 is 2.92. The zero-order chi connectivity index (χ0) is 16.9. The third-order valence-corrected chi connectivity index (χ3v) is 7.47. The van der Waals surface area contributed by atoms with Gasteiger partial charge in [0.1, 0.15) is 9.77 Å². The summed E-state index contributed by atoms with van der Waals surface area (Å²) < 4.78 is 27.0. The lowest BCUT2D eigenvalue weighted by molar-refractivity contribution is 0.0951. The van der Waals surface area contributed by atoms with E-state index in [1.54, 1.807) is 17.1 Å². The number of nitrogens with one attached hydrogen (secondary N) is 2. The van der Waals surface area contributed by atoms with E-state index in [0.717, 1.165) is 18.1 Å². The number of hydrogen-bond acceptors (Lipinski definition) is 6. The van der Waals surface area contributed by atoms with Crippen molar-refractivity contribution < 1.29 is 13.2 Å². The lowest BCUT2D eigenvalue weighted by atomic mass is 10.3. The van der Waals surface area contributed by atoms with Gasteiger partial charge in [0.2, 0.25) is 10.0 Å². The quantitative estimate of drug-likeness (QED) is 0.710. The van der Waals surface area contributed by atoms with E-state index < -0.39 is 10.0 Å². The third-order valence-electron chi connectivity index (χ3n) is 3.54. The Labute approximate surface area is 158 Å². The Balaban J connectivity index is 0.00000288. The molecule has 2 rings (SSSR count). The van der Waals surface area contributed by atoms with Gasteiger partial charge in [0, 0.05) is 37.2 Å². The number of hydrogen-bond donors (Lipinski definition) is 2. The van der Waals surface area contributed by atoms with Crippen LogP contribution in [0.25, 0.3) is 0 Å². The largest absolute Gasteiger partial charge is 0.350 e. The van der Waals surface area contributed by atoms with Crippen LogP contribution in [0.3, 0.4) is 0 Å². The summed E-state index contributed by atoms with van der Waals surface area (Å²) in [5, 5.41) is 7.67. The molecule has 1 aliphatic rings. The fraction of sp³-hybridized carbons (Fsp3) is 0.643. The molecule has 1 atom stereocenters. The number of thioether (sulfide) groups is 1. The van der Waals surface area contributed by atoms with Gasteiger partial charge in [-0.2, -0.15) is 16.1 Å². The summed E-state index contributed by atoms with van der Waals surface area (Å²) in [6.45, 7) is 6.26. The van der Waals surface area contributed by atoms with Crippen molar-refractivity contribution in [2.24, 2.45) is 0 Å². The standard InChI is InChI=1S/C14H23N3O3S3.ClH/c1-3-15-11(2)10-16-14(18)13-12(4-7-22-13)23(19,20)17-5-8-21-9-6-17;/h4,7,11,15H,3,5-6,8-10H2,1-2H3,(H,16,18);1H/t11-;/m1./s1. The molecule has 1 saturated heterocycles. The summed E-state index contributed by atoms with van der Waals surface area (Å²) in [6.07, 6.45) is 0. The lowest BCUT2D eigenvalue weighted by Crippen LogP contribution is -2.40. The Hall–Kier alpha value is -0.320. The van der Waals surface area contributed by atoms with Crippen molar-refractivity contribution in [1.29, 1.82) is 0 Å². The fourth-order valence-corrected chi connectivity index (χ4v) is 6.23. The molecule has 6 nitrogen and oxygen atoms in total. The molecule has 10 heteroatoms. The average Bonchev–Trinajstić information content (AvgIpc) is 3.04. The van der Waals surface area contributed by atoms with Crippen molar-refractivity contribution in [2.45, 2.75) is 24.8 Å². The van der Waals surface area contributed by atoms with Gasteiger partial charge >= 0.3 is 0 Å². The zero-order valence-electron chi connectivity index (χ0n) is 13.8. The fourth-order valence-electron chi connectivity index (χ4n) is 2.34. The molecule has 0 aliphatic carbocycles. The van der Waals surface area contributed by atoms with Gasteiger partial charge < -0.3 is 10.6 Å². The Kier molecular flexibility index (Phi) is 9.03. The SMILES string of the molecule is CCN[C@H](C)CNC(=O)c1sccc1S(=O)(=O)N1CCSCC1.Cl. The minimum absolute atomic E-state index is 0. The van der Waals surface area contributed by atoms with Crippen molar-refractivity contribution >= 4 is 51.4 Å². The van der Waals surface area contributed by atoms with E-state index in [0.29, 0.717) is 19.6 Å². The van der Waals surface area contributed by atoms with Crippen LogP contribution in [0.1, 0.15) is 23.5 Å². The molecule has 1 aromatic heterocycles. The predicted molar refractivity (Wildman–Crippen MR) is 103 cm³/mol. The Morgan fingerprint density at radius 3 is 2.67 bits per heavy atom. The maximum atomic E-state index is 12.7. The molecule has 2 heterocycles. The minimum Gasteiger partial charge on any atom is -0.350 e. The number of carbonyl (C=O) groups is 1. The van der Waals surface area contributed by atoms with Gasteiger partial charge in [-0.25, -0.2) is 8.42 Å². The van der Waals surface area contributed by atoms with E-state index in [1.807, 2.05) is 13.8 Å². The minimum atomic E-state index is -3.59. The molecule has 1 fully saturated rings. The van der Waals surface area contributed by atoms with Crippen molar-refractivity contribution in [3.63, 3.8) is 0 Å². The number of nitrogens with zero attached hydrogens (tertiary/aromatic N) is 1. The Morgan fingerprint density at radius 1 is 1.38 bits per heavy atom. The molecule has 1 amide bonds. The number of carbonyl (C=O) groups excluding carboxylic acids is 1. The smallest absolute Gasteiger partial charge is 0.262 e. The number of likely N-dealkylation sites (N-methyl/N-ethyl adjacent to an activating group) is 1. The molecule has 0 saturated carbocycles. The van der Waals surface area contributed by atoms with Crippen molar-refractivity contribution in [2.75, 3.05) is 37.7 Å². The zero-order valence-corrected chi connectivity index (χ0v) is 17.0. The molecular formula is C14H24ClN3O3S3. The van der Waals surface area contributed by atoms with Crippen LogP contribution in [0.15, 0.2) is 16.3 Å². The van der Waals surface area contributed by atoms with Crippen molar-refractivity contribution in [1.82, 2.24) is 14.9 Å². The first kappa shape index (κ1) is 21.7. The lowest BCUT2D eigenvalue weighted by Gasteiger charge is -2.25. The van der Waals surface area contributed by atoms with E-state index in [9.17, 15) is 13.2 Å². The number of halogens is 1. The molecule has 0 unspecified atom stereocenters. The first-order valence-electron chi connectivity index (χ1n) is 7.63. The van der Waals surface area contributed by atoms with Crippen LogP contribution in [0.5, 0.6) is 0 Å². The molecule has 2 N–H and O–H groups in total. The molecule has 1 aromatic rings.